The number of fused-ring (bicyclic) bond motifs is 4. The van der Waals surface area contributed by atoms with Crippen LogP contribution in [0.3, 0.4) is 0 Å². The van der Waals surface area contributed by atoms with E-state index in [9.17, 15) is 9.90 Å². The van der Waals surface area contributed by atoms with Crippen molar-refractivity contribution in [1.29, 1.82) is 0 Å². The second-order valence-electron chi connectivity index (χ2n) is 9.83. The zero-order chi connectivity index (χ0) is 23.7. The van der Waals surface area contributed by atoms with E-state index in [1.165, 1.54) is 7.11 Å². The van der Waals surface area contributed by atoms with Gasteiger partial charge in [0.2, 0.25) is 0 Å². The van der Waals surface area contributed by atoms with Crippen LogP contribution in [0.25, 0.3) is 33.2 Å². The van der Waals surface area contributed by atoms with E-state index in [2.05, 4.69) is 20.2 Å². The van der Waals surface area contributed by atoms with Gasteiger partial charge >= 0.3 is 6.01 Å². The third-order valence-corrected chi connectivity index (χ3v) is 7.42. The molecule has 9 heteroatoms. The van der Waals surface area contributed by atoms with E-state index in [-0.39, 0.29) is 23.4 Å². The molecule has 2 aromatic heterocycles. The lowest BCUT2D eigenvalue weighted by Crippen LogP contribution is -2.51. The average Bonchev–Trinajstić information content (AvgIpc) is 3.65. The number of phenols is 1. The highest BCUT2D eigenvalue weighted by Gasteiger charge is 2.36. The molecule has 35 heavy (non-hydrogen) atoms. The molecule has 2 saturated heterocycles. The van der Waals surface area contributed by atoms with E-state index in [0.29, 0.717) is 40.3 Å². The zero-order valence-corrected chi connectivity index (χ0v) is 19.4. The van der Waals surface area contributed by atoms with Gasteiger partial charge in [0.25, 0.3) is 5.56 Å². The molecule has 3 fully saturated rings. The predicted octanol–water partition coefficient (Wildman–Crippen LogP) is 3.00. The van der Waals surface area contributed by atoms with Gasteiger partial charge in [0, 0.05) is 36.8 Å². The molecule has 3 aliphatic rings. The van der Waals surface area contributed by atoms with Crippen LogP contribution in [0.1, 0.15) is 31.7 Å². The molecule has 2 atom stereocenters. The quantitative estimate of drug-likeness (QED) is 0.469. The maximum absolute atomic E-state index is 14.2. The van der Waals surface area contributed by atoms with Crippen LogP contribution in [0.2, 0.25) is 0 Å². The predicted molar refractivity (Wildman–Crippen MR) is 133 cm³/mol. The van der Waals surface area contributed by atoms with Crippen molar-refractivity contribution in [1.82, 2.24) is 24.8 Å². The number of hydrogen-bond acceptors (Lipinski definition) is 8. The highest BCUT2D eigenvalue weighted by molar-refractivity contribution is 5.97. The first-order chi connectivity index (χ1) is 17.1. The zero-order valence-electron chi connectivity index (χ0n) is 19.4. The Morgan fingerprint density at radius 2 is 1.80 bits per heavy atom. The summed E-state index contributed by atoms with van der Waals surface area (Å²) < 4.78 is 7.23. The van der Waals surface area contributed by atoms with Gasteiger partial charge in [-0.15, -0.1) is 0 Å². The fourth-order valence-corrected chi connectivity index (χ4v) is 5.69. The summed E-state index contributed by atoms with van der Waals surface area (Å²) >= 11 is 0. The van der Waals surface area contributed by atoms with Gasteiger partial charge in [0.05, 0.1) is 7.11 Å². The Labute approximate surface area is 201 Å². The van der Waals surface area contributed by atoms with Crippen LogP contribution in [0.15, 0.2) is 41.2 Å². The monoisotopic (exact) mass is 470 g/mol. The van der Waals surface area contributed by atoms with Crippen molar-refractivity contribution < 1.29 is 9.84 Å². The van der Waals surface area contributed by atoms with E-state index in [4.69, 9.17) is 9.72 Å². The summed E-state index contributed by atoms with van der Waals surface area (Å²) in [6.45, 7) is 1.57. The highest BCUT2D eigenvalue weighted by atomic mass is 16.5. The normalized spacial score (nSPS) is 21.7. The number of methoxy groups -OCH3 is 1. The number of ether oxygens (including phenoxy) is 1. The van der Waals surface area contributed by atoms with Crippen LogP contribution in [0, 0.1) is 0 Å². The molecule has 1 aliphatic carbocycles. The number of aromatic nitrogens is 4. The number of piperazine rings is 1. The number of hydrogen-bond donors (Lipinski definition) is 2. The molecule has 2 N–H and O–H groups in total. The lowest BCUT2D eigenvalue weighted by Gasteiger charge is -2.34. The van der Waals surface area contributed by atoms with Crippen LogP contribution in [0.4, 0.5) is 5.82 Å². The molecule has 2 aliphatic heterocycles. The fourth-order valence-electron chi connectivity index (χ4n) is 5.69. The molecule has 2 bridgehead atoms. The Balaban J connectivity index is 1.51. The maximum Gasteiger partial charge on any atom is 0.320 e. The van der Waals surface area contributed by atoms with Crippen LogP contribution >= 0.6 is 0 Å². The van der Waals surface area contributed by atoms with Crippen molar-refractivity contribution >= 4 is 27.6 Å². The number of rotatable bonds is 4. The van der Waals surface area contributed by atoms with E-state index in [1.54, 1.807) is 16.7 Å². The van der Waals surface area contributed by atoms with Gasteiger partial charge in [0.1, 0.15) is 17.0 Å². The molecular formula is C26H26N6O3. The molecule has 0 radical (unpaired) electrons. The third-order valence-electron chi connectivity index (χ3n) is 7.42. The van der Waals surface area contributed by atoms with Crippen molar-refractivity contribution in [2.75, 3.05) is 25.1 Å². The Kier molecular flexibility index (Phi) is 4.51. The first kappa shape index (κ1) is 20.6. The van der Waals surface area contributed by atoms with Crippen molar-refractivity contribution in [2.45, 2.75) is 43.8 Å². The molecule has 9 nitrogen and oxygen atoms in total. The lowest BCUT2D eigenvalue weighted by molar-refractivity contribution is 0.380. The summed E-state index contributed by atoms with van der Waals surface area (Å²) in [6, 6.07) is 12.3. The van der Waals surface area contributed by atoms with Gasteiger partial charge in [-0.2, -0.15) is 9.97 Å². The Bertz CT molecular complexity index is 1530. The molecule has 2 aromatic carbocycles. The minimum absolute atomic E-state index is 0.0738. The summed E-state index contributed by atoms with van der Waals surface area (Å²) in [7, 11) is 1.53. The van der Waals surface area contributed by atoms with Crippen LogP contribution in [0.5, 0.6) is 11.8 Å². The Morgan fingerprint density at radius 3 is 2.54 bits per heavy atom. The molecule has 4 heterocycles. The van der Waals surface area contributed by atoms with E-state index < -0.39 is 0 Å². The largest absolute Gasteiger partial charge is 0.508 e. The van der Waals surface area contributed by atoms with E-state index >= 15 is 0 Å². The number of aromatic hydroxyl groups is 1. The van der Waals surface area contributed by atoms with Gasteiger partial charge < -0.3 is 20.1 Å². The van der Waals surface area contributed by atoms with Gasteiger partial charge in [-0.05, 0) is 48.6 Å². The fraction of sp³-hybridized carbons (Fsp3) is 0.385. The van der Waals surface area contributed by atoms with Crippen molar-refractivity contribution in [2.24, 2.45) is 0 Å². The highest BCUT2D eigenvalue weighted by Crippen LogP contribution is 2.40. The molecule has 4 aromatic rings. The molecular weight excluding hydrogens is 444 g/mol. The van der Waals surface area contributed by atoms with Crippen molar-refractivity contribution in [3.8, 4) is 23.1 Å². The number of nitrogens with one attached hydrogen (secondary N) is 1. The summed E-state index contributed by atoms with van der Waals surface area (Å²) in [5, 5.41) is 16.4. The summed E-state index contributed by atoms with van der Waals surface area (Å²) in [5.74, 6) is 1.25. The van der Waals surface area contributed by atoms with E-state index in [1.807, 2.05) is 24.3 Å². The maximum atomic E-state index is 14.2. The smallest absolute Gasteiger partial charge is 0.320 e. The Hall–Kier alpha value is -3.72. The summed E-state index contributed by atoms with van der Waals surface area (Å²) in [6.07, 6.45) is 4.09. The van der Waals surface area contributed by atoms with Gasteiger partial charge in [0.15, 0.2) is 11.5 Å². The minimum atomic E-state index is -0.136. The SMILES string of the molecule is COc1nc(N2CC3CCC(C2)N3)c2c(=O)n(C3CC3)c(-c3cc(O)cc4ccccc34)nc2n1. The first-order valence-corrected chi connectivity index (χ1v) is 12.2. The summed E-state index contributed by atoms with van der Waals surface area (Å²) in [4.78, 5) is 30.5. The lowest BCUT2D eigenvalue weighted by atomic mass is 10.0. The van der Waals surface area contributed by atoms with E-state index in [0.717, 1.165) is 49.5 Å². The topological polar surface area (TPSA) is 105 Å². The molecule has 0 spiro atoms. The second kappa shape index (κ2) is 7.64. The third kappa shape index (κ3) is 3.33. The Morgan fingerprint density at radius 1 is 1.03 bits per heavy atom. The number of anilines is 1. The molecule has 1 saturated carbocycles. The molecule has 178 valence electrons. The number of phenolic OH excluding ortho intramolecular Hbond substituents is 1. The standard InChI is InChI=1S/C26H26N6O3/c1-35-26-29-22-21(24(30-26)31-12-15-6-7-16(13-31)27-15)25(34)32(17-8-9-17)23(28-22)20-11-18(33)10-14-4-2-3-5-19(14)20/h2-5,10-11,15-17,27,33H,6-9,12-13H2,1H3. The van der Waals surface area contributed by atoms with Crippen molar-refractivity contribution in [3.05, 3.63) is 46.8 Å². The van der Waals surface area contributed by atoms with Crippen LogP contribution in [-0.4, -0.2) is 56.9 Å². The summed E-state index contributed by atoms with van der Waals surface area (Å²) in [5.41, 5.74) is 0.899. The van der Waals surface area contributed by atoms with Gasteiger partial charge in [-0.1, -0.05) is 24.3 Å². The van der Waals surface area contributed by atoms with Crippen molar-refractivity contribution in [3.63, 3.8) is 0 Å². The van der Waals surface area contributed by atoms with Crippen LogP contribution < -0.4 is 20.5 Å². The first-order valence-electron chi connectivity index (χ1n) is 12.2. The minimum Gasteiger partial charge on any atom is -0.508 e. The number of nitrogens with zero attached hydrogens (tertiary/aromatic N) is 5. The second-order valence-corrected chi connectivity index (χ2v) is 9.83. The van der Waals surface area contributed by atoms with Gasteiger partial charge in [-0.3, -0.25) is 9.36 Å². The number of benzene rings is 2. The average molecular weight is 471 g/mol. The van der Waals surface area contributed by atoms with Crippen LogP contribution in [-0.2, 0) is 0 Å². The molecule has 0 amide bonds. The molecule has 7 rings (SSSR count). The van der Waals surface area contributed by atoms with Gasteiger partial charge in [-0.25, -0.2) is 4.98 Å². The molecule has 2 unspecified atom stereocenters.